The van der Waals surface area contributed by atoms with E-state index in [0.717, 1.165) is 6.07 Å². The summed E-state index contributed by atoms with van der Waals surface area (Å²) in [6.07, 6.45) is -6.64. The zero-order valence-corrected chi connectivity index (χ0v) is 15.4. The van der Waals surface area contributed by atoms with E-state index in [2.05, 4.69) is 15.6 Å². The summed E-state index contributed by atoms with van der Waals surface area (Å²) in [4.78, 5) is 27.2. The maximum Gasteiger partial charge on any atom is 0.434 e. The summed E-state index contributed by atoms with van der Waals surface area (Å²) in [6, 6.07) is 7.39. The highest BCUT2D eigenvalue weighted by Crippen LogP contribution is 2.34. The molecule has 0 bridgehead atoms. The van der Waals surface area contributed by atoms with Crippen LogP contribution in [0, 0.1) is 0 Å². The molecule has 0 radical (unpaired) electrons. The fourth-order valence-electron chi connectivity index (χ4n) is 2.57. The Hall–Kier alpha value is -2.52. The lowest BCUT2D eigenvalue weighted by molar-refractivity contribution is -0.141. The van der Waals surface area contributed by atoms with Crippen molar-refractivity contribution in [1.82, 2.24) is 15.6 Å². The van der Waals surface area contributed by atoms with Crippen LogP contribution in [0.3, 0.4) is 0 Å². The molecule has 2 amide bonds. The zero-order valence-electron chi connectivity index (χ0n) is 13.9. The van der Waals surface area contributed by atoms with Crippen LogP contribution in [-0.4, -0.2) is 29.6 Å². The average Bonchev–Trinajstić information content (AvgIpc) is 3.07. The number of hydrogen-bond acceptors (Lipinski definition) is 4. The number of alkyl halides is 3. The average molecular weight is 434 g/mol. The number of aromatic nitrogens is 1. The topological polar surface area (TPSA) is 80.3 Å². The van der Waals surface area contributed by atoms with Gasteiger partial charge in [-0.15, -0.1) is 0 Å². The normalized spacial score (nSPS) is 17.6. The second-order valence-electron chi connectivity index (χ2n) is 5.83. The van der Waals surface area contributed by atoms with E-state index in [0.29, 0.717) is 10.6 Å². The van der Waals surface area contributed by atoms with Crippen LogP contribution in [0.1, 0.15) is 23.0 Å². The summed E-state index contributed by atoms with van der Waals surface area (Å²) in [5.41, 5.74) is -0.934. The third kappa shape index (κ3) is 4.48. The number of nitrogens with zero attached hydrogens (tertiary/aromatic N) is 1. The van der Waals surface area contributed by atoms with Gasteiger partial charge in [-0.2, -0.15) is 13.2 Å². The number of rotatable bonds is 4. The lowest BCUT2D eigenvalue weighted by Gasteiger charge is -2.21. The molecule has 2 heterocycles. The van der Waals surface area contributed by atoms with E-state index >= 15 is 0 Å². The maximum atomic E-state index is 13.2. The van der Waals surface area contributed by atoms with E-state index in [4.69, 9.17) is 27.9 Å². The smallest absolute Gasteiger partial charge is 0.434 e. The van der Waals surface area contributed by atoms with E-state index in [1.54, 1.807) is 0 Å². The Morgan fingerprint density at radius 2 is 1.89 bits per heavy atom. The molecule has 6 nitrogen and oxygen atoms in total. The first-order valence-electron chi connectivity index (χ1n) is 7.89. The molecule has 148 valence electrons. The van der Waals surface area contributed by atoms with Gasteiger partial charge in [0.1, 0.15) is 0 Å². The number of carbonyl (C=O) groups is 2. The Bertz CT molecular complexity index is 907. The molecule has 1 aromatic carbocycles. The van der Waals surface area contributed by atoms with Crippen molar-refractivity contribution in [2.75, 3.05) is 6.54 Å². The first-order valence-corrected chi connectivity index (χ1v) is 8.64. The highest BCUT2D eigenvalue weighted by Gasteiger charge is 2.37. The minimum atomic E-state index is -4.77. The molecule has 3 rings (SSSR count). The molecule has 1 fully saturated rings. The minimum absolute atomic E-state index is 0.0557. The number of halogens is 5. The Labute approximate surface area is 167 Å². The van der Waals surface area contributed by atoms with E-state index < -0.39 is 41.0 Å². The van der Waals surface area contributed by atoms with Crippen LogP contribution < -0.4 is 10.6 Å². The second kappa shape index (κ2) is 7.84. The minimum Gasteiger partial charge on any atom is -0.434 e. The Morgan fingerprint density at radius 3 is 2.46 bits per heavy atom. The lowest BCUT2D eigenvalue weighted by Crippen LogP contribution is -2.39. The van der Waals surface area contributed by atoms with Crippen LogP contribution in [0.25, 0.3) is 0 Å². The highest BCUT2D eigenvalue weighted by molar-refractivity contribution is 6.31. The number of alkyl carbamates (subject to hydrolysis) is 1. The van der Waals surface area contributed by atoms with Gasteiger partial charge in [-0.25, -0.2) is 9.78 Å². The van der Waals surface area contributed by atoms with Crippen molar-refractivity contribution in [2.45, 2.75) is 18.3 Å². The molecule has 0 saturated carbocycles. The number of carbonyl (C=O) groups excluding carboxylic acids is 2. The number of cyclic esters (lactones) is 1. The summed E-state index contributed by atoms with van der Waals surface area (Å²) >= 11 is 11.5. The van der Waals surface area contributed by atoms with Crippen molar-refractivity contribution in [2.24, 2.45) is 0 Å². The van der Waals surface area contributed by atoms with Gasteiger partial charge in [-0.3, -0.25) is 4.79 Å². The molecule has 2 N–H and O–H groups in total. The lowest BCUT2D eigenvalue weighted by atomic mass is 10.0. The number of amides is 2. The van der Waals surface area contributed by atoms with Gasteiger partial charge < -0.3 is 15.4 Å². The SMILES string of the molecule is O=C1NCC(C(=O)N[C@@H](c2ccc(Cl)cc2)c2ccc(Cl)c(C(F)(F)F)n2)O1. The van der Waals surface area contributed by atoms with E-state index in [9.17, 15) is 22.8 Å². The molecule has 28 heavy (non-hydrogen) atoms. The quantitative estimate of drug-likeness (QED) is 0.769. The van der Waals surface area contributed by atoms with Crippen LogP contribution in [0.5, 0.6) is 0 Å². The Morgan fingerprint density at radius 1 is 1.21 bits per heavy atom. The summed E-state index contributed by atoms with van der Waals surface area (Å²) in [7, 11) is 0. The summed E-state index contributed by atoms with van der Waals surface area (Å²) < 4.78 is 44.4. The molecular formula is C17H12Cl2F3N3O3. The first-order chi connectivity index (χ1) is 13.1. The molecule has 1 saturated heterocycles. The standard InChI is InChI=1S/C17H12Cl2F3N3O3/c18-9-3-1-8(2-4-9)13(25-15(26)12-7-23-16(27)28-12)11-6-5-10(19)14(24-11)17(20,21)22/h1-6,12-13H,7H2,(H,23,27)(H,25,26)/t12?,13-/m0/s1. The molecule has 1 aliphatic heterocycles. The van der Waals surface area contributed by atoms with Crippen LogP contribution in [0.15, 0.2) is 36.4 Å². The second-order valence-corrected chi connectivity index (χ2v) is 6.68. The third-order valence-corrected chi connectivity index (χ3v) is 4.45. The highest BCUT2D eigenvalue weighted by atomic mass is 35.5. The summed E-state index contributed by atoms with van der Waals surface area (Å²) in [6.45, 7) is -0.0557. The summed E-state index contributed by atoms with van der Waals surface area (Å²) in [5.74, 6) is -0.691. The number of benzene rings is 1. The fourth-order valence-corrected chi connectivity index (χ4v) is 2.91. The van der Waals surface area contributed by atoms with Gasteiger partial charge in [0.25, 0.3) is 5.91 Å². The number of pyridine rings is 1. The molecule has 0 spiro atoms. The molecule has 1 unspecified atom stereocenters. The fraction of sp³-hybridized carbons (Fsp3) is 0.235. The first kappa shape index (κ1) is 20.2. The molecule has 11 heteroatoms. The molecule has 0 aliphatic carbocycles. The number of ether oxygens (including phenoxy) is 1. The monoisotopic (exact) mass is 433 g/mol. The molecular weight excluding hydrogens is 422 g/mol. The molecule has 2 aromatic rings. The van der Waals surface area contributed by atoms with Crippen LogP contribution in [0.2, 0.25) is 10.0 Å². The van der Waals surface area contributed by atoms with Gasteiger partial charge in [0, 0.05) is 5.02 Å². The van der Waals surface area contributed by atoms with Gasteiger partial charge in [0.05, 0.1) is 23.3 Å². The zero-order chi connectivity index (χ0) is 20.5. The van der Waals surface area contributed by atoms with E-state index in [1.807, 2.05) is 0 Å². The maximum absolute atomic E-state index is 13.2. The van der Waals surface area contributed by atoms with Gasteiger partial charge in [-0.1, -0.05) is 35.3 Å². The predicted molar refractivity (Wildman–Crippen MR) is 94.0 cm³/mol. The Balaban J connectivity index is 1.98. The molecule has 1 aliphatic rings. The Kier molecular flexibility index (Phi) is 5.66. The van der Waals surface area contributed by atoms with Gasteiger partial charge >= 0.3 is 12.3 Å². The van der Waals surface area contributed by atoms with Crippen molar-refractivity contribution in [3.63, 3.8) is 0 Å². The predicted octanol–water partition coefficient (Wildman–Crippen LogP) is 3.72. The number of hydrogen-bond donors (Lipinski definition) is 2. The van der Waals surface area contributed by atoms with Gasteiger partial charge in [-0.05, 0) is 29.8 Å². The third-order valence-electron chi connectivity index (χ3n) is 3.90. The van der Waals surface area contributed by atoms with Crippen LogP contribution in [-0.2, 0) is 15.7 Å². The van der Waals surface area contributed by atoms with Crippen molar-refractivity contribution < 1.29 is 27.5 Å². The van der Waals surface area contributed by atoms with Crippen LogP contribution in [0.4, 0.5) is 18.0 Å². The summed E-state index contributed by atoms with van der Waals surface area (Å²) in [5, 5.41) is 4.73. The van der Waals surface area contributed by atoms with E-state index in [-0.39, 0.29) is 12.2 Å². The van der Waals surface area contributed by atoms with Gasteiger partial charge in [0.2, 0.25) is 0 Å². The van der Waals surface area contributed by atoms with Crippen LogP contribution >= 0.6 is 23.2 Å². The van der Waals surface area contributed by atoms with Crippen molar-refractivity contribution in [3.05, 3.63) is 63.4 Å². The molecule has 2 atom stereocenters. The molecule has 1 aromatic heterocycles. The largest absolute Gasteiger partial charge is 0.434 e. The van der Waals surface area contributed by atoms with E-state index in [1.165, 1.54) is 30.3 Å². The van der Waals surface area contributed by atoms with Gasteiger partial charge in [0.15, 0.2) is 11.8 Å². The van der Waals surface area contributed by atoms with Crippen molar-refractivity contribution >= 4 is 35.2 Å². The van der Waals surface area contributed by atoms with Crippen molar-refractivity contribution in [1.29, 1.82) is 0 Å². The number of nitrogens with one attached hydrogen (secondary N) is 2. The van der Waals surface area contributed by atoms with Crippen molar-refractivity contribution in [3.8, 4) is 0 Å².